The first-order valence-electron chi connectivity index (χ1n) is 10.7. The maximum absolute atomic E-state index is 13.2. The molecule has 2 aromatic carbocycles. The lowest BCUT2D eigenvalue weighted by Crippen LogP contribution is -2.55. The van der Waals surface area contributed by atoms with Crippen molar-refractivity contribution in [2.45, 2.75) is 44.4 Å². The third-order valence-corrected chi connectivity index (χ3v) is 6.47. The molecule has 32 heavy (non-hydrogen) atoms. The summed E-state index contributed by atoms with van der Waals surface area (Å²) in [5.74, 6) is 1.06. The number of nitrogens with one attached hydrogen (secondary N) is 2. The van der Waals surface area contributed by atoms with Gasteiger partial charge in [-0.2, -0.15) is 0 Å². The van der Waals surface area contributed by atoms with E-state index >= 15 is 0 Å². The minimum Gasteiger partial charge on any atom is -0.503 e. The molecule has 168 valence electrons. The quantitative estimate of drug-likeness (QED) is 0.249. The summed E-state index contributed by atoms with van der Waals surface area (Å²) >= 11 is 7.84. The van der Waals surface area contributed by atoms with Gasteiger partial charge in [0.25, 0.3) is 6.17 Å². The molecule has 9 heteroatoms. The summed E-state index contributed by atoms with van der Waals surface area (Å²) in [6, 6.07) is 11.0. The molecule has 4 rings (SSSR count). The molecule has 3 aromatic rings. The van der Waals surface area contributed by atoms with Crippen LogP contribution in [0.1, 0.15) is 44.8 Å². The van der Waals surface area contributed by atoms with Crippen molar-refractivity contribution in [1.82, 2.24) is 10.1 Å². The van der Waals surface area contributed by atoms with Crippen molar-refractivity contribution < 1.29 is 14.5 Å². The molecule has 2 heterocycles. The van der Waals surface area contributed by atoms with Crippen LogP contribution in [0.4, 0.5) is 5.69 Å². The highest BCUT2D eigenvalue weighted by molar-refractivity contribution is 7.99. The number of para-hydroxylation sites is 1. The van der Waals surface area contributed by atoms with Crippen LogP contribution in [0.3, 0.4) is 0 Å². The zero-order valence-corrected chi connectivity index (χ0v) is 19.6. The maximum Gasteiger partial charge on any atom is 0.325 e. The SMILES string of the molecule is CCCCCSc1n[n+]2c(c(=O)[nH]1)-c1ccccc1N[C@@H]2c1cc(Cl)c(O)c(OCC)c1. The van der Waals surface area contributed by atoms with Crippen molar-refractivity contribution in [2.75, 3.05) is 17.7 Å². The fourth-order valence-electron chi connectivity index (χ4n) is 3.72. The third-order valence-electron chi connectivity index (χ3n) is 5.24. The number of anilines is 1. The molecule has 1 aromatic heterocycles. The van der Waals surface area contributed by atoms with E-state index in [0.29, 0.717) is 17.5 Å². The molecule has 0 amide bonds. The first-order chi connectivity index (χ1) is 15.5. The summed E-state index contributed by atoms with van der Waals surface area (Å²) in [5, 5.41) is 19.2. The normalized spacial score (nSPS) is 14.4. The van der Waals surface area contributed by atoms with Gasteiger partial charge in [0, 0.05) is 16.4 Å². The zero-order valence-electron chi connectivity index (χ0n) is 18.0. The first kappa shape index (κ1) is 22.5. The van der Waals surface area contributed by atoms with Gasteiger partial charge >= 0.3 is 11.3 Å². The predicted molar refractivity (Wildman–Crippen MR) is 127 cm³/mol. The monoisotopic (exact) mass is 473 g/mol. The number of aromatic hydroxyl groups is 1. The van der Waals surface area contributed by atoms with Crippen molar-refractivity contribution in [3.05, 3.63) is 57.3 Å². The molecule has 0 aliphatic carbocycles. The van der Waals surface area contributed by atoms with Gasteiger partial charge in [-0.1, -0.05) is 55.3 Å². The molecular formula is C23H26ClN4O3S+. The number of rotatable bonds is 8. The van der Waals surface area contributed by atoms with E-state index in [2.05, 4.69) is 17.2 Å². The minimum atomic E-state index is -0.505. The number of ether oxygens (including phenoxy) is 1. The van der Waals surface area contributed by atoms with Gasteiger partial charge < -0.3 is 15.2 Å². The molecule has 7 nitrogen and oxygen atoms in total. The van der Waals surface area contributed by atoms with Gasteiger partial charge in [0.15, 0.2) is 11.5 Å². The number of phenols is 1. The molecule has 0 spiro atoms. The molecule has 0 bridgehead atoms. The van der Waals surface area contributed by atoms with Gasteiger partial charge in [0.2, 0.25) is 5.16 Å². The predicted octanol–water partition coefficient (Wildman–Crippen LogP) is 4.74. The maximum atomic E-state index is 13.2. The number of hydrogen-bond acceptors (Lipinski definition) is 6. The zero-order chi connectivity index (χ0) is 22.7. The molecule has 1 atom stereocenters. The fourth-order valence-corrected chi connectivity index (χ4v) is 4.79. The molecule has 3 N–H and O–H groups in total. The highest BCUT2D eigenvalue weighted by Crippen LogP contribution is 2.39. The van der Waals surface area contributed by atoms with Crippen LogP contribution in [0.15, 0.2) is 46.3 Å². The Kier molecular flexibility index (Phi) is 6.91. The number of phenolic OH excluding ortho intramolecular Hbond substituents is 1. The summed E-state index contributed by atoms with van der Waals surface area (Å²) in [7, 11) is 0. The highest BCUT2D eigenvalue weighted by atomic mass is 35.5. The number of H-pyrrole nitrogens is 1. The molecule has 1 aliphatic heterocycles. The number of benzene rings is 2. The Morgan fingerprint density at radius 1 is 1.25 bits per heavy atom. The molecular weight excluding hydrogens is 448 g/mol. The second-order valence-electron chi connectivity index (χ2n) is 7.48. The van der Waals surface area contributed by atoms with Gasteiger partial charge in [-0.3, -0.25) is 9.78 Å². The lowest BCUT2D eigenvalue weighted by Gasteiger charge is -2.23. The van der Waals surface area contributed by atoms with E-state index in [1.165, 1.54) is 11.8 Å². The number of nitrogens with zero attached hydrogens (tertiary/aromatic N) is 2. The van der Waals surface area contributed by atoms with Gasteiger partial charge in [-0.05, 0) is 42.3 Å². The molecule has 0 radical (unpaired) electrons. The number of fused-ring (bicyclic) bond motifs is 3. The van der Waals surface area contributed by atoms with Crippen LogP contribution >= 0.6 is 23.4 Å². The minimum absolute atomic E-state index is 0.107. The summed E-state index contributed by atoms with van der Waals surface area (Å²) in [4.78, 5) is 16.1. The first-order valence-corrected chi connectivity index (χ1v) is 12.1. The lowest BCUT2D eigenvalue weighted by molar-refractivity contribution is -0.759. The van der Waals surface area contributed by atoms with Crippen LogP contribution in [0.2, 0.25) is 5.02 Å². The topological polar surface area (TPSA) is 91.1 Å². The van der Waals surface area contributed by atoms with Crippen molar-refractivity contribution in [3.63, 3.8) is 0 Å². The second kappa shape index (κ2) is 9.83. The van der Waals surface area contributed by atoms with Crippen molar-refractivity contribution >= 4 is 29.1 Å². The van der Waals surface area contributed by atoms with Crippen LogP contribution in [-0.4, -0.2) is 27.5 Å². The summed E-state index contributed by atoms with van der Waals surface area (Å²) in [6.45, 7) is 4.38. The van der Waals surface area contributed by atoms with Crippen LogP contribution < -0.4 is 20.3 Å². The Morgan fingerprint density at radius 2 is 2.06 bits per heavy atom. The Balaban J connectivity index is 1.83. The third kappa shape index (κ3) is 4.42. The van der Waals surface area contributed by atoms with E-state index in [1.54, 1.807) is 16.8 Å². The van der Waals surface area contributed by atoms with E-state index in [-0.39, 0.29) is 22.1 Å². The molecule has 0 unspecified atom stereocenters. The number of hydrogen-bond donors (Lipinski definition) is 3. The summed E-state index contributed by atoms with van der Waals surface area (Å²) < 4.78 is 7.26. The van der Waals surface area contributed by atoms with Crippen LogP contribution in [-0.2, 0) is 0 Å². The Morgan fingerprint density at radius 3 is 2.84 bits per heavy atom. The summed E-state index contributed by atoms with van der Waals surface area (Å²) in [5.41, 5.74) is 2.57. The van der Waals surface area contributed by atoms with E-state index in [4.69, 9.17) is 21.4 Å². The second-order valence-corrected chi connectivity index (χ2v) is 8.97. The molecule has 1 aliphatic rings. The van der Waals surface area contributed by atoms with Crippen LogP contribution in [0.25, 0.3) is 11.3 Å². The average molecular weight is 474 g/mol. The number of halogens is 1. The number of aromatic amines is 1. The average Bonchev–Trinajstić information content (AvgIpc) is 2.79. The van der Waals surface area contributed by atoms with Gasteiger partial charge in [0.05, 0.1) is 22.9 Å². The molecule has 0 saturated carbocycles. The summed E-state index contributed by atoms with van der Waals surface area (Å²) in [6.07, 6.45) is 2.83. The standard InChI is InChI=1S/C23H25ClN4O3S/c1-3-5-8-11-32-23-26-22(30)19-15-9-6-7-10-17(15)25-21(28(19)27-23)14-12-16(24)20(29)18(13-14)31-4-2/h6-7,9-10,12-13,21H,3-5,8,11H2,1-2H3,(H2,26,27,29,30)/p+1/t21-/m0/s1. The van der Waals surface area contributed by atoms with E-state index < -0.39 is 6.17 Å². The van der Waals surface area contributed by atoms with Gasteiger partial charge in [0.1, 0.15) is 0 Å². The van der Waals surface area contributed by atoms with Crippen molar-refractivity contribution in [1.29, 1.82) is 0 Å². The number of unbranched alkanes of at least 4 members (excludes halogenated alkanes) is 2. The van der Waals surface area contributed by atoms with Crippen molar-refractivity contribution in [2.24, 2.45) is 0 Å². The largest absolute Gasteiger partial charge is 0.503 e. The smallest absolute Gasteiger partial charge is 0.325 e. The van der Waals surface area contributed by atoms with Gasteiger partial charge in [-0.25, -0.2) is 0 Å². The van der Waals surface area contributed by atoms with E-state index in [0.717, 1.165) is 41.8 Å². The Bertz CT molecular complexity index is 1180. The van der Waals surface area contributed by atoms with Crippen molar-refractivity contribution in [3.8, 4) is 22.8 Å². The molecule has 0 saturated heterocycles. The lowest BCUT2D eigenvalue weighted by atomic mass is 10.0. The Hall–Kier alpha value is -2.71. The van der Waals surface area contributed by atoms with E-state index in [1.807, 2.05) is 31.2 Å². The van der Waals surface area contributed by atoms with Gasteiger partial charge in [-0.15, -0.1) is 0 Å². The van der Waals surface area contributed by atoms with Crippen LogP contribution in [0, 0.1) is 0 Å². The number of thioether (sulfide) groups is 1. The highest BCUT2D eigenvalue weighted by Gasteiger charge is 2.38. The number of aromatic nitrogens is 3. The molecule has 0 fully saturated rings. The van der Waals surface area contributed by atoms with E-state index in [9.17, 15) is 9.90 Å². The fraction of sp³-hybridized carbons (Fsp3) is 0.348. The van der Waals surface area contributed by atoms with Crippen LogP contribution in [0.5, 0.6) is 11.5 Å². The Labute approximate surface area is 195 Å².